The van der Waals surface area contributed by atoms with Crippen LogP contribution in [0.5, 0.6) is 5.75 Å². The minimum atomic E-state index is -3.45. The molecule has 29 heavy (non-hydrogen) atoms. The molecule has 0 spiro atoms. The van der Waals surface area contributed by atoms with Gasteiger partial charge in [0.15, 0.2) is 0 Å². The Balaban J connectivity index is 1.41. The number of rotatable bonds is 4. The second kappa shape index (κ2) is 7.74. The minimum absolute atomic E-state index is 0.00400. The maximum absolute atomic E-state index is 13.0. The predicted molar refractivity (Wildman–Crippen MR) is 112 cm³/mol. The van der Waals surface area contributed by atoms with E-state index in [9.17, 15) is 13.2 Å². The van der Waals surface area contributed by atoms with Gasteiger partial charge in [0.05, 0.1) is 6.04 Å². The third-order valence-electron chi connectivity index (χ3n) is 5.61. The van der Waals surface area contributed by atoms with E-state index in [1.165, 1.54) is 15.6 Å². The number of carbonyl (C=O) groups excluding carboxylic acids is 1. The molecule has 1 fully saturated rings. The molecule has 1 aromatic heterocycles. The van der Waals surface area contributed by atoms with E-state index in [1.54, 1.807) is 17.5 Å². The van der Waals surface area contributed by atoms with Gasteiger partial charge in [-0.05, 0) is 44.2 Å². The summed E-state index contributed by atoms with van der Waals surface area (Å²) in [6.07, 6.45) is 1.76. The molecule has 0 bridgehead atoms. The fourth-order valence-electron chi connectivity index (χ4n) is 4.12. The zero-order valence-electron chi connectivity index (χ0n) is 16.6. The molecular weight excluding hydrogens is 408 g/mol. The Bertz CT molecular complexity index is 978. The standard InChI is InChI=1S/C21H26N2O4S2/c1-21(2)14-17(16-6-3-4-7-18(16)27-21)22-20(24)15-9-11-23(12-10-15)29(25,26)19-8-5-13-28-19/h3-8,13,15,17H,9-12,14H2,1-2H3,(H,22,24). The van der Waals surface area contributed by atoms with Crippen LogP contribution >= 0.6 is 11.3 Å². The third kappa shape index (κ3) is 4.20. The highest BCUT2D eigenvalue weighted by molar-refractivity contribution is 7.91. The summed E-state index contributed by atoms with van der Waals surface area (Å²) in [7, 11) is -3.45. The second-order valence-corrected chi connectivity index (χ2v) is 11.4. The molecule has 1 unspecified atom stereocenters. The van der Waals surface area contributed by atoms with E-state index in [0.29, 0.717) is 36.6 Å². The van der Waals surface area contributed by atoms with Gasteiger partial charge in [-0.15, -0.1) is 11.3 Å². The first kappa shape index (κ1) is 20.4. The SMILES string of the molecule is CC1(C)CC(NC(=O)C2CCN(S(=O)(=O)c3cccs3)CC2)c2ccccc2O1. The van der Waals surface area contributed by atoms with Gasteiger partial charge >= 0.3 is 0 Å². The summed E-state index contributed by atoms with van der Waals surface area (Å²) in [5, 5.41) is 4.96. The van der Waals surface area contributed by atoms with E-state index < -0.39 is 10.0 Å². The number of hydrogen-bond acceptors (Lipinski definition) is 5. The van der Waals surface area contributed by atoms with Crippen LogP contribution in [0.1, 0.15) is 44.7 Å². The summed E-state index contributed by atoms with van der Waals surface area (Å²) in [4.78, 5) is 13.0. The summed E-state index contributed by atoms with van der Waals surface area (Å²) in [5.41, 5.74) is 0.641. The molecule has 8 heteroatoms. The number of ether oxygens (including phenoxy) is 1. The van der Waals surface area contributed by atoms with Crippen molar-refractivity contribution >= 4 is 27.3 Å². The summed E-state index contributed by atoms with van der Waals surface area (Å²) >= 11 is 1.23. The highest BCUT2D eigenvalue weighted by Crippen LogP contribution is 2.39. The maximum Gasteiger partial charge on any atom is 0.252 e. The van der Waals surface area contributed by atoms with Crippen LogP contribution in [0.3, 0.4) is 0 Å². The monoisotopic (exact) mass is 434 g/mol. The molecule has 1 aromatic carbocycles. The molecule has 6 nitrogen and oxygen atoms in total. The second-order valence-electron chi connectivity index (χ2n) is 8.28. The number of sulfonamides is 1. The number of benzene rings is 1. The number of thiophene rings is 1. The van der Waals surface area contributed by atoms with Gasteiger partial charge in [0.1, 0.15) is 15.6 Å². The van der Waals surface area contributed by atoms with Crippen LogP contribution in [0.15, 0.2) is 46.0 Å². The number of nitrogens with zero attached hydrogens (tertiary/aromatic N) is 1. The maximum atomic E-state index is 13.0. The Hall–Kier alpha value is -1.90. The molecule has 1 atom stereocenters. The van der Waals surface area contributed by atoms with Gasteiger partial charge in [0.2, 0.25) is 5.91 Å². The summed E-state index contributed by atoms with van der Waals surface area (Å²) in [5.74, 6) is 0.629. The van der Waals surface area contributed by atoms with Crippen molar-refractivity contribution in [1.82, 2.24) is 9.62 Å². The molecule has 0 saturated carbocycles. The quantitative estimate of drug-likeness (QED) is 0.798. The van der Waals surface area contributed by atoms with Crippen LogP contribution in [-0.2, 0) is 14.8 Å². The zero-order chi connectivity index (χ0) is 20.6. The van der Waals surface area contributed by atoms with Crippen molar-refractivity contribution in [2.75, 3.05) is 13.1 Å². The summed E-state index contributed by atoms with van der Waals surface area (Å²) in [6, 6.07) is 11.1. The van der Waals surface area contributed by atoms with Crippen LogP contribution in [0, 0.1) is 5.92 Å². The number of piperidine rings is 1. The van der Waals surface area contributed by atoms with Crippen molar-refractivity contribution < 1.29 is 17.9 Å². The zero-order valence-corrected chi connectivity index (χ0v) is 18.3. The van der Waals surface area contributed by atoms with Gasteiger partial charge in [-0.25, -0.2) is 8.42 Å². The van der Waals surface area contributed by atoms with Gasteiger partial charge < -0.3 is 10.1 Å². The normalized spacial score (nSPS) is 22.5. The van der Waals surface area contributed by atoms with Crippen LogP contribution < -0.4 is 10.1 Å². The van der Waals surface area contributed by atoms with Crippen LogP contribution in [0.25, 0.3) is 0 Å². The van der Waals surface area contributed by atoms with E-state index in [4.69, 9.17) is 4.74 Å². The van der Waals surface area contributed by atoms with Crippen molar-refractivity contribution in [2.24, 2.45) is 5.92 Å². The van der Waals surface area contributed by atoms with Crippen molar-refractivity contribution in [1.29, 1.82) is 0 Å². The Labute approximate surface area is 175 Å². The average Bonchev–Trinajstić information content (AvgIpc) is 3.23. The molecule has 2 aliphatic heterocycles. The smallest absolute Gasteiger partial charge is 0.252 e. The molecule has 2 aromatic rings. The first-order valence-electron chi connectivity index (χ1n) is 9.88. The molecule has 1 N–H and O–H groups in total. The predicted octanol–water partition coefficient (Wildman–Crippen LogP) is 3.57. The van der Waals surface area contributed by atoms with Gasteiger partial charge in [0, 0.05) is 31.0 Å². The molecule has 2 aliphatic rings. The number of hydrogen-bond donors (Lipinski definition) is 1. The minimum Gasteiger partial charge on any atom is -0.487 e. The molecule has 156 valence electrons. The lowest BCUT2D eigenvalue weighted by Crippen LogP contribution is -2.46. The lowest BCUT2D eigenvalue weighted by Gasteiger charge is -2.38. The molecule has 1 saturated heterocycles. The number of nitrogens with one attached hydrogen (secondary N) is 1. The number of para-hydroxylation sites is 1. The van der Waals surface area contributed by atoms with Crippen LogP contribution in [0.2, 0.25) is 0 Å². The summed E-state index contributed by atoms with van der Waals surface area (Å²) in [6.45, 7) is 4.79. The third-order valence-corrected chi connectivity index (χ3v) is 8.88. The van der Waals surface area contributed by atoms with Crippen LogP contribution in [-0.4, -0.2) is 37.3 Å². The first-order valence-corrected chi connectivity index (χ1v) is 12.2. The highest BCUT2D eigenvalue weighted by atomic mass is 32.2. The number of carbonyl (C=O) groups is 1. The van der Waals surface area contributed by atoms with Gasteiger partial charge in [0.25, 0.3) is 10.0 Å². The summed E-state index contributed by atoms with van der Waals surface area (Å²) < 4.78 is 33.2. The Morgan fingerprint density at radius 2 is 1.90 bits per heavy atom. The van der Waals surface area contributed by atoms with Crippen molar-refractivity contribution in [3.05, 3.63) is 47.3 Å². The number of amides is 1. The van der Waals surface area contributed by atoms with E-state index >= 15 is 0 Å². The highest BCUT2D eigenvalue weighted by Gasteiger charge is 2.37. The van der Waals surface area contributed by atoms with E-state index in [0.717, 1.165) is 11.3 Å². The van der Waals surface area contributed by atoms with Gasteiger partial charge in [-0.1, -0.05) is 24.3 Å². The van der Waals surface area contributed by atoms with Gasteiger partial charge in [-0.3, -0.25) is 4.79 Å². The largest absolute Gasteiger partial charge is 0.487 e. The fourth-order valence-corrected chi connectivity index (χ4v) is 6.73. The molecule has 1 amide bonds. The molecule has 0 aliphatic carbocycles. The average molecular weight is 435 g/mol. The van der Waals surface area contributed by atoms with Crippen LogP contribution in [0.4, 0.5) is 0 Å². The van der Waals surface area contributed by atoms with Crippen molar-refractivity contribution in [3.8, 4) is 5.75 Å². The molecular formula is C21H26N2O4S2. The molecule has 0 radical (unpaired) electrons. The van der Waals surface area contributed by atoms with Crippen molar-refractivity contribution in [2.45, 2.75) is 49.0 Å². The lowest BCUT2D eigenvalue weighted by molar-refractivity contribution is -0.127. The first-order chi connectivity index (χ1) is 13.8. The van der Waals surface area contributed by atoms with Gasteiger partial charge in [-0.2, -0.15) is 4.31 Å². The lowest BCUT2D eigenvalue weighted by atomic mass is 9.88. The molecule has 4 rings (SSSR count). The Kier molecular flexibility index (Phi) is 5.44. The fraction of sp³-hybridized carbons (Fsp3) is 0.476. The van der Waals surface area contributed by atoms with Crippen molar-refractivity contribution in [3.63, 3.8) is 0 Å². The van der Waals surface area contributed by atoms with E-state index in [-0.39, 0.29) is 23.5 Å². The number of fused-ring (bicyclic) bond motifs is 1. The van der Waals surface area contributed by atoms with E-state index in [1.807, 2.05) is 38.1 Å². The Morgan fingerprint density at radius 3 is 2.59 bits per heavy atom. The molecule has 3 heterocycles. The van der Waals surface area contributed by atoms with E-state index in [2.05, 4.69) is 5.32 Å². The topological polar surface area (TPSA) is 75.7 Å². The Morgan fingerprint density at radius 1 is 1.17 bits per heavy atom.